The molecule has 0 spiro atoms. The molecular formula is C25H20N4O. The van der Waals surface area contributed by atoms with Crippen molar-refractivity contribution in [1.29, 1.82) is 0 Å². The van der Waals surface area contributed by atoms with Crippen LogP contribution in [0.2, 0.25) is 0 Å². The zero-order valence-electron chi connectivity index (χ0n) is 16.4. The first-order valence-electron chi connectivity index (χ1n) is 10.0. The average molecular weight is 392 g/mol. The van der Waals surface area contributed by atoms with Crippen molar-refractivity contribution in [3.63, 3.8) is 0 Å². The SMILES string of the molecule is O=C1CCCN1c1cc(-c2ccncc2)c(-c2ccncc2)cc1-c1ccncc1. The number of carbonyl (C=O) groups excluding carboxylic acids is 1. The lowest BCUT2D eigenvalue weighted by Gasteiger charge is -2.23. The molecule has 30 heavy (non-hydrogen) atoms. The minimum absolute atomic E-state index is 0.169. The number of carbonyl (C=O) groups is 1. The Balaban J connectivity index is 1.81. The monoisotopic (exact) mass is 392 g/mol. The van der Waals surface area contributed by atoms with Gasteiger partial charge in [0.2, 0.25) is 5.91 Å². The number of anilines is 1. The molecule has 3 aromatic heterocycles. The van der Waals surface area contributed by atoms with Crippen molar-refractivity contribution in [2.75, 3.05) is 11.4 Å². The van der Waals surface area contributed by atoms with Crippen molar-refractivity contribution < 1.29 is 4.79 Å². The summed E-state index contributed by atoms with van der Waals surface area (Å²) in [4.78, 5) is 27.1. The molecule has 0 atom stereocenters. The van der Waals surface area contributed by atoms with Crippen LogP contribution >= 0.6 is 0 Å². The van der Waals surface area contributed by atoms with Crippen LogP contribution in [0.4, 0.5) is 5.69 Å². The second-order valence-electron chi connectivity index (χ2n) is 7.27. The molecule has 0 N–H and O–H groups in total. The molecule has 5 rings (SSSR count). The highest BCUT2D eigenvalue weighted by Crippen LogP contribution is 2.42. The lowest BCUT2D eigenvalue weighted by atomic mass is 9.90. The number of nitrogens with zero attached hydrogens (tertiary/aromatic N) is 4. The summed E-state index contributed by atoms with van der Waals surface area (Å²) in [6.07, 6.45) is 12.2. The van der Waals surface area contributed by atoms with E-state index < -0.39 is 0 Å². The Kier molecular flexibility index (Phi) is 4.77. The van der Waals surface area contributed by atoms with E-state index in [9.17, 15) is 4.79 Å². The molecule has 146 valence electrons. The Morgan fingerprint density at radius 2 is 1.10 bits per heavy atom. The van der Waals surface area contributed by atoms with E-state index in [1.165, 1.54) is 0 Å². The maximum absolute atomic E-state index is 12.7. The van der Waals surface area contributed by atoms with Gasteiger partial charge in [-0.3, -0.25) is 19.7 Å². The molecule has 1 aliphatic heterocycles. The maximum atomic E-state index is 12.7. The van der Waals surface area contributed by atoms with Gasteiger partial charge >= 0.3 is 0 Å². The molecule has 0 radical (unpaired) electrons. The van der Waals surface area contributed by atoms with Crippen LogP contribution in [-0.4, -0.2) is 27.4 Å². The first kappa shape index (κ1) is 18.2. The lowest BCUT2D eigenvalue weighted by molar-refractivity contribution is -0.117. The van der Waals surface area contributed by atoms with E-state index in [4.69, 9.17) is 0 Å². The molecule has 1 aromatic carbocycles. The summed E-state index contributed by atoms with van der Waals surface area (Å²) in [5.41, 5.74) is 7.29. The zero-order chi connectivity index (χ0) is 20.3. The van der Waals surface area contributed by atoms with E-state index in [0.717, 1.165) is 52.0 Å². The van der Waals surface area contributed by atoms with Crippen LogP contribution in [0.5, 0.6) is 0 Å². The second kappa shape index (κ2) is 7.87. The third-order valence-electron chi connectivity index (χ3n) is 5.47. The third kappa shape index (κ3) is 3.35. The van der Waals surface area contributed by atoms with Crippen LogP contribution < -0.4 is 4.90 Å². The summed E-state index contributed by atoms with van der Waals surface area (Å²) in [5, 5.41) is 0. The van der Waals surface area contributed by atoms with Crippen molar-refractivity contribution in [3.8, 4) is 33.4 Å². The van der Waals surface area contributed by atoms with Gasteiger partial charge in [-0.25, -0.2) is 0 Å². The van der Waals surface area contributed by atoms with Gasteiger partial charge < -0.3 is 4.90 Å². The molecule has 4 aromatic rings. The quantitative estimate of drug-likeness (QED) is 0.490. The molecule has 1 aliphatic rings. The molecule has 0 bridgehead atoms. The van der Waals surface area contributed by atoms with Crippen LogP contribution in [0, 0.1) is 0 Å². The van der Waals surface area contributed by atoms with Gasteiger partial charge in [0.05, 0.1) is 5.69 Å². The van der Waals surface area contributed by atoms with Crippen molar-refractivity contribution >= 4 is 11.6 Å². The largest absolute Gasteiger partial charge is 0.312 e. The Hall–Kier alpha value is -3.86. The number of hydrogen-bond donors (Lipinski definition) is 0. The van der Waals surface area contributed by atoms with Crippen molar-refractivity contribution in [2.45, 2.75) is 12.8 Å². The van der Waals surface area contributed by atoms with Crippen LogP contribution in [0.25, 0.3) is 33.4 Å². The summed E-state index contributed by atoms with van der Waals surface area (Å²) in [7, 11) is 0. The van der Waals surface area contributed by atoms with E-state index in [1.807, 2.05) is 41.3 Å². The zero-order valence-corrected chi connectivity index (χ0v) is 16.4. The normalized spacial score (nSPS) is 13.6. The smallest absolute Gasteiger partial charge is 0.227 e. The predicted octanol–water partition coefficient (Wildman–Crippen LogP) is 5.00. The molecular weight excluding hydrogens is 372 g/mol. The number of benzene rings is 1. The van der Waals surface area contributed by atoms with Gasteiger partial charge in [0.1, 0.15) is 0 Å². The van der Waals surface area contributed by atoms with Gasteiger partial charge in [0, 0.05) is 55.7 Å². The summed E-state index contributed by atoms with van der Waals surface area (Å²) >= 11 is 0. The third-order valence-corrected chi connectivity index (χ3v) is 5.47. The Labute approximate surface area is 175 Å². The van der Waals surface area contributed by atoms with Gasteiger partial charge in [0.25, 0.3) is 0 Å². The van der Waals surface area contributed by atoms with Gasteiger partial charge in [-0.2, -0.15) is 0 Å². The average Bonchev–Trinajstić information content (AvgIpc) is 3.25. The molecule has 0 unspecified atom stereocenters. The number of hydrogen-bond acceptors (Lipinski definition) is 4. The minimum atomic E-state index is 0.169. The molecule has 0 saturated carbocycles. The Morgan fingerprint density at radius 3 is 1.57 bits per heavy atom. The fourth-order valence-corrected chi connectivity index (χ4v) is 4.02. The van der Waals surface area contributed by atoms with Crippen LogP contribution in [0.15, 0.2) is 85.7 Å². The van der Waals surface area contributed by atoms with Gasteiger partial charge in [-0.05, 0) is 82.8 Å². The molecule has 1 saturated heterocycles. The summed E-state index contributed by atoms with van der Waals surface area (Å²) in [6.45, 7) is 0.737. The summed E-state index contributed by atoms with van der Waals surface area (Å²) in [6, 6.07) is 16.3. The van der Waals surface area contributed by atoms with E-state index in [1.54, 1.807) is 37.2 Å². The topological polar surface area (TPSA) is 59.0 Å². The van der Waals surface area contributed by atoms with Gasteiger partial charge in [0.15, 0.2) is 0 Å². The van der Waals surface area contributed by atoms with Crippen LogP contribution in [0.3, 0.4) is 0 Å². The van der Waals surface area contributed by atoms with Crippen molar-refractivity contribution in [1.82, 2.24) is 15.0 Å². The number of amides is 1. The second-order valence-corrected chi connectivity index (χ2v) is 7.27. The van der Waals surface area contributed by atoms with Gasteiger partial charge in [-0.15, -0.1) is 0 Å². The van der Waals surface area contributed by atoms with E-state index in [0.29, 0.717) is 6.42 Å². The first-order chi connectivity index (χ1) is 14.8. The molecule has 5 heteroatoms. The summed E-state index contributed by atoms with van der Waals surface area (Å²) in [5.74, 6) is 0.169. The van der Waals surface area contributed by atoms with E-state index in [2.05, 4.69) is 27.1 Å². The number of pyridine rings is 3. The molecule has 0 aliphatic carbocycles. The fourth-order valence-electron chi connectivity index (χ4n) is 4.02. The highest BCUT2D eigenvalue weighted by Gasteiger charge is 2.26. The first-order valence-corrected chi connectivity index (χ1v) is 10.0. The van der Waals surface area contributed by atoms with E-state index in [-0.39, 0.29) is 5.91 Å². The fraction of sp³-hybridized carbons (Fsp3) is 0.120. The maximum Gasteiger partial charge on any atom is 0.227 e. The van der Waals surface area contributed by atoms with Crippen molar-refractivity contribution in [3.05, 3.63) is 85.7 Å². The Morgan fingerprint density at radius 1 is 0.633 bits per heavy atom. The highest BCUT2D eigenvalue weighted by atomic mass is 16.2. The molecule has 1 amide bonds. The van der Waals surface area contributed by atoms with Crippen LogP contribution in [-0.2, 0) is 4.79 Å². The lowest BCUT2D eigenvalue weighted by Crippen LogP contribution is -2.24. The molecule has 5 nitrogen and oxygen atoms in total. The molecule has 4 heterocycles. The van der Waals surface area contributed by atoms with Crippen LogP contribution in [0.1, 0.15) is 12.8 Å². The Bertz CT molecular complexity index is 1180. The highest BCUT2D eigenvalue weighted by molar-refractivity contribution is 6.02. The predicted molar refractivity (Wildman–Crippen MR) is 118 cm³/mol. The van der Waals surface area contributed by atoms with E-state index >= 15 is 0 Å². The number of rotatable bonds is 4. The number of aromatic nitrogens is 3. The standard InChI is InChI=1S/C25H20N4O/c30-25-2-1-15-29(25)24-17-22(19-5-11-27-12-6-19)21(18-3-9-26-10-4-18)16-23(24)20-7-13-28-14-8-20/h3-14,16-17H,1-2,15H2. The minimum Gasteiger partial charge on any atom is -0.312 e. The summed E-state index contributed by atoms with van der Waals surface area (Å²) < 4.78 is 0. The van der Waals surface area contributed by atoms with Gasteiger partial charge in [-0.1, -0.05) is 0 Å². The molecule has 1 fully saturated rings. The van der Waals surface area contributed by atoms with Crippen molar-refractivity contribution in [2.24, 2.45) is 0 Å².